The average Bonchev–Trinajstić information content (AvgIpc) is 2.82. The van der Waals surface area contributed by atoms with Crippen molar-refractivity contribution in [2.75, 3.05) is 24.2 Å². The Morgan fingerprint density at radius 2 is 1.41 bits per heavy atom. The molecule has 0 spiro atoms. The summed E-state index contributed by atoms with van der Waals surface area (Å²) in [4.78, 5) is 35.0. The van der Waals surface area contributed by atoms with Crippen LogP contribution in [-0.4, -0.2) is 60.3 Å². The first kappa shape index (κ1) is 37.1. The molecular weight excluding hydrogens is 779 g/mol. The van der Waals surface area contributed by atoms with Gasteiger partial charge < -0.3 is 15.5 Å². The van der Waals surface area contributed by atoms with E-state index in [4.69, 9.17) is 0 Å². The first-order valence-electron chi connectivity index (χ1n) is 10.8. The lowest BCUT2D eigenvalue weighted by atomic mass is 9.94. The van der Waals surface area contributed by atoms with Crippen molar-refractivity contribution in [1.29, 1.82) is 0 Å². The Morgan fingerprint density at radius 3 is 1.89 bits per heavy atom. The largest absolute Gasteiger partial charge is 0.446 e. The van der Waals surface area contributed by atoms with E-state index in [1.807, 2.05) is 0 Å². The smallest absolute Gasteiger partial charge is 0.328 e. The SMILES string of the molecule is CN(CC(F)(F)F)C(=O)C(=O)Nc1cccc(C(=O)Nc2c(I)cc(C(F)(C(F)(F)F)C(F)(F)F)cc2SC(F)(F)F)c1F. The molecule has 0 aliphatic rings. The first-order chi connectivity index (χ1) is 19.7. The lowest BCUT2D eigenvalue weighted by Crippen LogP contribution is -2.50. The van der Waals surface area contributed by atoms with E-state index in [2.05, 4.69) is 0 Å². The summed E-state index contributed by atoms with van der Waals surface area (Å²) in [5.74, 6) is -7.03. The number of nitrogens with one attached hydrogen (secondary N) is 2. The third kappa shape index (κ3) is 8.56. The highest BCUT2D eigenvalue weighted by molar-refractivity contribution is 14.1. The lowest BCUT2D eigenvalue weighted by Gasteiger charge is -2.31. The van der Waals surface area contributed by atoms with Gasteiger partial charge in [0.25, 0.3) is 5.91 Å². The number of carbonyl (C=O) groups is 3. The topological polar surface area (TPSA) is 78.5 Å². The predicted octanol–water partition coefficient (Wildman–Crippen LogP) is 7.54. The summed E-state index contributed by atoms with van der Waals surface area (Å²) in [5.41, 5.74) is -17.1. The molecule has 6 nitrogen and oxygen atoms in total. The number of benzene rings is 2. The fourth-order valence-corrected chi connectivity index (χ4v) is 4.91. The second-order valence-corrected chi connectivity index (χ2v) is 10.7. The maximum atomic E-state index is 15.0. The highest BCUT2D eigenvalue weighted by Crippen LogP contribution is 2.55. The van der Waals surface area contributed by atoms with Gasteiger partial charge in [-0.3, -0.25) is 14.4 Å². The van der Waals surface area contributed by atoms with Gasteiger partial charge in [0.1, 0.15) is 6.54 Å². The molecule has 22 heteroatoms. The Hall–Kier alpha value is -3.05. The molecule has 2 aromatic carbocycles. The molecule has 0 saturated carbocycles. The van der Waals surface area contributed by atoms with Gasteiger partial charge in [-0.15, -0.1) is 0 Å². The molecule has 0 radical (unpaired) electrons. The first-order valence-corrected chi connectivity index (χ1v) is 12.7. The molecule has 3 amide bonds. The monoisotopic (exact) mass is 791 g/mol. The van der Waals surface area contributed by atoms with E-state index in [0.717, 1.165) is 28.7 Å². The number of nitrogens with zero attached hydrogens (tertiary/aromatic N) is 1. The van der Waals surface area contributed by atoms with Crippen LogP contribution in [0.2, 0.25) is 0 Å². The normalized spacial score (nSPS) is 13.0. The average molecular weight is 791 g/mol. The van der Waals surface area contributed by atoms with Crippen molar-refractivity contribution in [3.63, 3.8) is 0 Å². The van der Waals surface area contributed by atoms with E-state index in [1.165, 1.54) is 0 Å². The fraction of sp³-hybridized carbons (Fsp3) is 0.318. The van der Waals surface area contributed by atoms with Crippen LogP contribution in [0.5, 0.6) is 0 Å². The summed E-state index contributed by atoms with van der Waals surface area (Å²) in [6, 6.07) is 1.57. The lowest BCUT2D eigenvalue weighted by molar-refractivity contribution is -0.348. The Kier molecular flexibility index (Phi) is 10.8. The van der Waals surface area contributed by atoms with Crippen molar-refractivity contribution >= 4 is 63.4 Å². The number of anilines is 2. The number of hydrogen-bond donors (Lipinski definition) is 2. The zero-order valence-corrected chi connectivity index (χ0v) is 23.8. The van der Waals surface area contributed by atoms with E-state index < -0.39 is 109 Å². The van der Waals surface area contributed by atoms with Crippen LogP contribution in [0.25, 0.3) is 0 Å². The van der Waals surface area contributed by atoms with Crippen LogP contribution >= 0.6 is 34.4 Å². The molecule has 0 bridgehead atoms. The van der Waals surface area contributed by atoms with E-state index in [-0.39, 0.29) is 11.0 Å². The molecule has 0 unspecified atom stereocenters. The predicted molar refractivity (Wildman–Crippen MR) is 133 cm³/mol. The van der Waals surface area contributed by atoms with E-state index >= 15 is 4.39 Å². The van der Waals surface area contributed by atoms with E-state index in [1.54, 1.807) is 10.6 Å². The molecule has 0 saturated heterocycles. The number of alkyl halides is 13. The molecule has 0 aliphatic heterocycles. The molecule has 0 atom stereocenters. The number of amides is 3. The van der Waals surface area contributed by atoms with Crippen LogP contribution < -0.4 is 10.6 Å². The minimum Gasteiger partial charge on any atom is -0.328 e. The van der Waals surface area contributed by atoms with Gasteiger partial charge in [-0.25, -0.2) is 8.78 Å². The second kappa shape index (κ2) is 12.7. The van der Waals surface area contributed by atoms with Gasteiger partial charge in [0, 0.05) is 21.1 Å². The van der Waals surface area contributed by atoms with Gasteiger partial charge >= 0.3 is 41.5 Å². The second-order valence-electron chi connectivity index (χ2n) is 8.38. The van der Waals surface area contributed by atoms with Crippen molar-refractivity contribution in [3.8, 4) is 0 Å². The van der Waals surface area contributed by atoms with Crippen LogP contribution in [0.15, 0.2) is 35.2 Å². The number of likely N-dealkylation sites (N-methyl/N-ethyl adjacent to an activating group) is 1. The van der Waals surface area contributed by atoms with Crippen LogP contribution in [-0.2, 0) is 15.3 Å². The van der Waals surface area contributed by atoms with Crippen LogP contribution in [0.3, 0.4) is 0 Å². The molecule has 0 aliphatic carbocycles. The summed E-state index contributed by atoms with van der Waals surface area (Å²) in [6.07, 6.45) is -18.3. The molecule has 44 heavy (non-hydrogen) atoms. The van der Waals surface area contributed by atoms with Gasteiger partial charge in [-0.1, -0.05) is 6.07 Å². The molecular formula is C22H12F14IN3O3S. The van der Waals surface area contributed by atoms with Gasteiger partial charge in [0.2, 0.25) is 0 Å². The van der Waals surface area contributed by atoms with Crippen molar-refractivity contribution < 1.29 is 75.8 Å². The minimum absolute atomic E-state index is 0.0844. The minimum atomic E-state index is -6.70. The summed E-state index contributed by atoms with van der Waals surface area (Å²) >= 11 is -0.442. The highest BCUT2D eigenvalue weighted by Gasteiger charge is 2.73. The molecule has 0 aromatic heterocycles. The van der Waals surface area contributed by atoms with Crippen LogP contribution in [0.1, 0.15) is 15.9 Å². The Morgan fingerprint density at radius 1 is 0.864 bits per heavy atom. The molecule has 244 valence electrons. The summed E-state index contributed by atoms with van der Waals surface area (Å²) in [5, 5.41) is 3.24. The van der Waals surface area contributed by atoms with E-state index in [9.17, 15) is 71.5 Å². The number of halogens is 15. The molecule has 2 N–H and O–H groups in total. The van der Waals surface area contributed by atoms with Gasteiger partial charge in [0.05, 0.1) is 16.9 Å². The Bertz CT molecular complexity index is 1430. The number of carbonyl (C=O) groups excluding carboxylic acids is 3. The summed E-state index contributed by atoms with van der Waals surface area (Å²) in [7, 11) is 0.579. The quantitative estimate of drug-likeness (QED) is 0.137. The molecule has 0 heterocycles. The zero-order valence-electron chi connectivity index (χ0n) is 20.8. The molecule has 2 rings (SSSR count). The van der Waals surface area contributed by atoms with Crippen molar-refractivity contribution in [2.45, 2.75) is 34.6 Å². The molecule has 0 fully saturated rings. The maximum absolute atomic E-state index is 15.0. The number of rotatable bonds is 6. The van der Waals surface area contributed by atoms with Gasteiger partial charge in [0.15, 0.2) is 5.82 Å². The fourth-order valence-electron chi connectivity index (χ4n) is 3.27. The van der Waals surface area contributed by atoms with Gasteiger partial charge in [-0.2, -0.15) is 52.7 Å². The van der Waals surface area contributed by atoms with E-state index in [0.29, 0.717) is 19.2 Å². The van der Waals surface area contributed by atoms with Crippen molar-refractivity contribution in [1.82, 2.24) is 4.90 Å². The Labute approximate surface area is 253 Å². The molecule has 2 aromatic rings. The standard InChI is InChI=1S/C22H12F14IN3O3S/c1-40(7-18(24,25)26)17(43)16(42)38-11-4-2-3-9(13(11)23)15(41)39-14-10(37)5-8(6-12(14)44-22(34,35)36)19(27,20(28,29)30)21(31,32)33/h2-6H,7H2,1H3,(H,38,42)(H,39,41). The maximum Gasteiger partial charge on any atom is 0.446 e. The summed E-state index contributed by atoms with van der Waals surface area (Å²) < 4.78 is 185. The van der Waals surface area contributed by atoms with Crippen molar-refractivity contribution in [3.05, 3.63) is 50.8 Å². The van der Waals surface area contributed by atoms with Crippen molar-refractivity contribution in [2.24, 2.45) is 0 Å². The van der Waals surface area contributed by atoms with Gasteiger partial charge in [-0.05, 0) is 58.6 Å². The zero-order chi connectivity index (χ0) is 34.2. The number of thioether (sulfide) groups is 1. The summed E-state index contributed by atoms with van der Waals surface area (Å²) in [6.45, 7) is -1.88. The third-order valence-electron chi connectivity index (χ3n) is 5.15. The number of hydrogen-bond acceptors (Lipinski definition) is 4. The highest BCUT2D eigenvalue weighted by atomic mass is 127. The third-order valence-corrected chi connectivity index (χ3v) is 6.77. The van der Waals surface area contributed by atoms with Crippen LogP contribution in [0.4, 0.5) is 72.8 Å². The van der Waals surface area contributed by atoms with Crippen LogP contribution in [0, 0.1) is 9.39 Å². The Balaban J connectivity index is 2.53.